The summed E-state index contributed by atoms with van der Waals surface area (Å²) in [6.07, 6.45) is -39.9. The van der Waals surface area contributed by atoms with Gasteiger partial charge in [0.15, 0.2) is 31.3 Å². The van der Waals surface area contributed by atoms with Gasteiger partial charge in [0.25, 0.3) is 0 Å². The van der Waals surface area contributed by atoms with Crippen LogP contribution < -0.4 is 0 Å². The highest BCUT2D eigenvalue weighted by Gasteiger charge is 2.70. The molecule has 4 saturated carbocycles. The zero-order valence-electron chi connectivity index (χ0n) is 43.3. The van der Waals surface area contributed by atoms with E-state index in [1.165, 1.54) is 0 Å². The van der Waals surface area contributed by atoms with Crippen LogP contribution in [0.2, 0.25) is 0 Å². The van der Waals surface area contributed by atoms with E-state index in [2.05, 4.69) is 13.5 Å². The van der Waals surface area contributed by atoms with Crippen LogP contribution in [0.4, 0.5) is 0 Å². The molecule has 0 aromatic carbocycles. The molecule has 4 aliphatic carbocycles. The highest BCUT2D eigenvalue weighted by atomic mass is 16.8. The molecular formula is C50H80O28. The predicted molar refractivity (Wildman–Crippen MR) is 252 cm³/mol. The summed E-state index contributed by atoms with van der Waals surface area (Å²) < 4.78 is 60.3. The summed E-state index contributed by atoms with van der Waals surface area (Å²) in [7, 11) is 0. The van der Waals surface area contributed by atoms with Crippen molar-refractivity contribution in [3.63, 3.8) is 0 Å². The first kappa shape index (κ1) is 60.8. The number of aliphatic hydroxyl groups is 17. The van der Waals surface area contributed by atoms with E-state index in [-0.39, 0.29) is 11.8 Å². The second-order valence-corrected chi connectivity index (χ2v) is 23.6. The van der Waals surface area contributed by atoms with Crippen molar-refractivity contribution in [1.29, 1.82) is 0 Å². The maximum absolute atomic E-state index is 14.9. The van der Waals surface area contributed by atoms with Gasteiger partial charge in [-0.2, -0.15) is 0 Å². The van der Waals surface area contributed by atoms with Crippen LogP contribution in [0.3, 0.4) is 0 Å². The minimum absolute atomic E-state index is 0.0705. The van der Waals surface area contributed by atoms with Gasteiger partial charge in [0.1, 0.15) is 116 Å². The van der Waals surface area contributed by atoms with Crippen LogP contribution in [-0.4, -0.2) is 285 Å². The molecule has 9 aliphatic rings. The molecule has 0 amide bonds. The summed E-state index contributed by atoms with van der Waals surface area (Å²) in [5, 5.41) is 181. The fourth-order valence-electron chi connectivity index (χ4n) is 15.0. The lowest BCUT2D eigenvalue weighted by Crippen LogP contribution is -2.68. The van der Waals surface area contributed by atoms with Crippen LogP contribution in [0.1, 0.15) is 71.6 Å². The Hall–Kier alpha value is -1.83. The van der Waals surface area contributed by atoms with Gasteiger partial charge in [-0.25, -0.2) is 0 Å². The number of rotatable bonds is 15. The summed E-state index contributed by atoms with van der Waals surface area (Å²) >= 11 is 0. The number of carbonyl (C=O) groups is 1. The molecule has 17 N–H and O–H groups in total. The van der Waals surface area contributed by atoms with Crippen molar-refractivity contribution in [1.82, 2.24) is 0 Å². The molecule has 5 aliphatic heterocycles. The smallest absolute Gasteiger partial charge is 0.314 e. The lowest BCUT2D eigenvalue weighted by atomic mass is 9.41. The third kappa shape index (κ3) is 10.3. The number of fused-ring (bicyclic) bond motifs is 3. The van der Waals surface area contributed by atoms with E-state index in [0.29, 0.717) is 63.4 Å². The first-order valence-corrected chi connectivity index (χ1v) is 26.9. The van der Waals surface area contributed by atoms with Gasteiger partial charge in [-0.1, -0.05) is 19.9 Å². The van der Waals surface area contributed by atoms with Crippen molar-refractivity contribution in [2.45, 2.75) is 231 Å². The third-order valence-electron chi connectivity index (χ3n) is 19.2. The lowest BCUT2D eigenvalue weighted by molar-refractivity contribution is -0.400. The molecule has 448 valence electrons. The molecule has 0 aromatic heterocycles. The number of hydrogen-bond acceptors (Lipinski definition) is 28. The minimum atomic E-state index is -1.99. The molecule has 31 atom stereocenters. The van der Waals surface area contributed by atoms with Gasteiger partial charge in [-0.05, 0) is 86.5 Å². The number of aliphatic hydroxyl groups excluding tert-OH is 17. The SMILES string of the molecule is C=C1C[C@]23CC[C@@H]4[C@](C)(CCC[C@]4(C)C(=O)O[C@@H]4O[C@H](CO)[C@@H](O)[C@H](O)[C@H]4O[C@@H]4O[C@H](CO)[C@@H](O)[C@H](O)[C@H]4O)[C@H]2CC[C@]1(O[C@@H]1O[C@H](CO)[C@@H](O)[C@H](O[C@@H]2O[C@H](CO)[C@@H](O)[C@H](O)[C@H]2O)[C@H]1O[C@@H]1O[C@H](CO)[C@@H](O)[C@H](O)[C@H]1O)C3. The second-order valence-electron chi connectivity index (χ2n) is 23.6. The Morgan fingerprint density at radius 3 is 1.41 bits per heavy atom. The summed E-state index contributed by atoms with van der Waals surface area (Å²) in [5.41, 5.74) is -2.81. The van der Waals surface area contributed by atoms with Gasteiger partial charge in [0.05, 0.1) is 44.1 Å². The van der Waals surface area contributed by atoms with Crippen LogP contribution in [0.15, 0.2) is 12.2 Å². The van der Waals surface area contributed by atoms with Crippen molar-refractivity contribution in [2.24, 2.45) is 28.1 Å². The Morgan fingerprint density at radius 2 is 0.910 bits per heavy atom. The Labute approximate surface area is 448 Å². The fourth-order valence-corrected chi connectivity index (χ4v) is 15.0. The predicted octanol–water partition coefficient (Wildman–Crippen LogP) is -7.29. The van der Waals surface area contributed by atoms with Crippen molar-refractivity contribution in [2.75, 3.05) is 33.0 Å². The summed E-state index contributed by atoms with van der Waals surface area (Å²) in [5.74, 6) is -1.14. The minimum Gasteiger partial charge on any atom is -0.432 e. The second kappa shape index (κ2) is 23.3. The average molecular weight is 1130 g/mol. The number of esters is 1. The van der Waals surface area contributed by atoms with E-state index >= 15 is 0 Å². The van der Waals surface area contributed by atoms with E-state index in [1.54, 1.807) is 6.92 Å². The molecule has 5 saturated heterocycles. The fraction of sp³-hybridized carbons (Fsp3) is 0.940. The van der Waals surface area contributed by atoms with Crippen LogP contribution in [0, 0.1) is 28.1 Å². The van der Waals surface area contributed by atoms with Crippen LogP contribution in [0.25, 0.3) is 0 Å². The van der Waals surface area contributed by atoms with E-state index in [1.807, 2.05) is 0 Å². The quantitative estimate of drug-likeness (QED) is 0.0411. The topological polar surface area (TPSA) is 453 Å². The molecule has 28 heteroatoms. The molecular weight excluding hydrogens is 1050 g/mol. The van der Waals surface area contributed by atoms with Crippen molar-refractivity contribution in [3.05, 3.63) is 12.2 Å². The Bertz CT molecular complexity index is 2070. The highest BCUT2D eigenvalue weighted by molar-refractivity contribution is 5.77. The normalized spacial score (nSPS) is 54.5. The van der Waals surface area contributed by atoms with Crippen molar-refractivity contribution >= 4 is 5.97 Å². The molecule has 0 unspecified atom stereocenters. The van der Waals surface area contributed by atoms with E-state index in [4.69, 9.17) is 47.4 Å². The molecule has 28 nitrogen and oxygen atoms in total. The van der Waals surface area contributed by atoms with Gasteiger partial charge >= 0.3 is 5.97 Å². The molecule has 0 radical (unpaired) electrons. The van der Waals surface area contributed by atoms with Gasteiger partial charge in [0, 0.05) is 0 Å². The van der Waals surface area contributed by atoms with Crippen molar-refractivity contribution < 1.29 is 139 Å². The summed E-state index contributed by atoms with van der Waals surface area (Å²) in [6, 6.07) is 0. The lowest BCUT2D eigenvalue weighted by Gasteiger charge is -2.64. The first-order valence-electron chi connectivity index (χ1n) is 26.9. The standard InChI is InChI=1S/C50H80O28/c1-18-11-49-9-5-24-47(2,7-4-8-48(24,3)46(68)77-44-39(34(64)29(59)22(15-54)72-44)75-42-36(66)32(62)27(57)20(13-52)70-42)25(49)6-10-50(18,17-49)78-45-40(76-43-37(67)33(63)28(58)21(14-53)71-43)38(30(60)23(16-55)73-45)74-41-35(65)31(61)26(56)19(12-51)69-41/h19-45,51-67H,1,4-17H2,2-3H3/t19-,20-,21-,22-,23-,24-,25-,26-,27-,28-,29-,30-,31+,32+,33+,34+,35-,36-,37-,38+,39-,40-,41+,42+,43+,44+,45+,47+,48+,49+,50+/m1/s1. The Morgan fingerprint density at radius 1 is 0.487 bits per heavy atom. The van der Waals surface area contributed by atoms with Crippen LogP contribution in [-0.2, 0) is 52.2 Å². The average Bonchev–Trinajstić information content (AvgIpc) is 3.69. The van der Waals surface area contributed by atoms with E-state index < -0.39 is 214 Å². The van der Waals surface area contributed by atoms with Crippen molar-refractivity contribution in [3.8, 4) is 0 Å². The summed E-state index contributed by atoms with van der Waals surface area (Å²) in [4.78, 5) is 14.9. The molecule has 78 heavy (non-hydrogen) atoms. The number of hydrogen-bond donors (Lipinski definition) is 17. The van der Waals surface area contributed by atoms with Gasteiger partial charge in [-0.3, -0.25) is 4.79 Å². The van der Waals surface area contributed by atoms with Gasteiger partial charge < -0.3 is 134 Å². The molecule has 1 spiro atoms. The largest absolute Gasteiger partial charge is 0.432 e. The number of carbonyl (C=O) groups excluding carboxylic acids is 1. The molecule has 9 fully saturated rings. The molecule has 5 heterocycles. The monoisotopic (exact) mass is 1130 g/mol. The zero-order valence-corrected chi connectivity index (χ0v) is 43.3. The van der Waals surface area contributed by atoms with Gasteiger partial charge in [-0.15, -0.1) is 0 Å². The maximum atomic E-state index is 14.9. The Kier molecular flexibility index (Phi) is 18.2. The zero-order chi connectivity index (χ0) is 56.7. The van der Waals surface area contributed by atoms with Gasteiger partial charge in [0.2, 0.25) is 6.29 Å². The molecule has 9 rings (SSSR count). The molecule has 2 bridgehead atoms. The van der Waals surface area contributed by atoms with Crippen LogP contribution >= 0.6 is 0 Å². The van der Waals surface area contributed by atoms with E-state index in [9.17, 15) is 91.6 Å². The highest BCUT2D eigenvalue weighted by Crippen LogP contribution is 2.74. The summed E-state index contributed by atoms with van der Waals surface area (Å²) in [6.45, 7) is 4.32. The van der Waals surface area contributed by atoms with E-state index in [0.717, 1.165) is 0 Å². The number of ether oxygens (including phenoxy) is 10. The first-order chi connectivity index (χ1) is 36.9. The van der Waals surface area contributed by atoms with Crippen LogP contribution in [0.5, 0.6) is 0 Å². The maximum Gasteiger partial charge on any atom is 0.314 e. The molecule has 0 aromatic rings. The third-order valence-corrected chi connectivity index (χ3v) is 19.2. The Balaban J connectivity index is 0.968.